The maximum absolute atomic E-state index is 12.5. The number of rotatable bonds is 3. The molecule has 3 nitrogen and oxygen atoms in total. The number of anilines is 1. The van der Waals surface area contributed by atoms with Crippen molar-refractivity contribution >= 4 is 34.8 Å². The molecule has 2 aromatic carbocycles. The number of halogens is 2. The number of amides is 1. The average molecular weight is 323 g/mol. The molecule has 0 radical (unpaired) electrons. The normalized spacial score (nSPS) is 10.5. The summed E-state index contributed by atoms with van der Waals surface area (Å²) in [5, 5.41) is 1.12. The number of nitrogens with zero attached hydrogens (tertiary/aromatic N) is 1. The Labute approximate surface area is 134 Å². The van der Waals surface area contributed by atoms with Gasteiger partial charge < -0.3 is 10.6 Å². The van der Waals surface area contributed by atoms with Gasteiger partial charge in [-0.2, -0.15) is 0 Å². The van der Waals surface area contributed by atoms with Gasteiger partial charge in [0.15, 0.2) is 0 Å². The molecule has 21 heavy (non-hydrogen) atoms. The third kappa shape index (κ3) is 3.69. The molecule has 0 fully saturated rings. The second kappa shape index (κ2) is 6.37. The molecule has 0 heterocycles. The number of hydrogen-bond acceptors (Lipinski definition) is 2. The molecule has 0 aliphatic carbocycles. The molecule has 0 unspecified atom stereocenters. The zero-order chi connectivity index (χ0) is 15.6. The molecular formula is C16H16Cl2N2O. The van der Waals surface area contributed by atoms with Gasteiger partial charge in [-0.25, -0.2) is 0 Å². The van der Waals surface area contributed by atoms with Crippen LogP contribution in [0.1, 0.15) is 21.5 Å². The number of aryl methyl sites for hydroxylation is 1. The summed E-state index contributed by atoms with van der Waals surface area (Å²) in [4.78, 5) is 14.1. The number of benzene rings is 2. The van der Waals surface area contributed by atoms with E-state index in [0.29, 0.717) is 27.8 Å². The molecule has 5 heteroatoms. The van der Waals surface area contributed by atoms with E-state index in [1.165, 1.54) is 0 Å². The van der Waals surface area contributed by atoms with Crippen LogP contribution >= 0.6 is 23.2 Å². The maximum Gasteiger partial charge on any atom is 0.254 e. The van der Waals surface area contributed by atoms with E-state index in [-0.39, 0.29) is 5.91 Å². The summed E-state index contributed by atoms with van der Waals surface area (Å²) in [7, 11) is 1.73. The Morgan fingerprint density at radius 3 is 2.57 bits per heavy atom. The van der Waals surface area contributed by atoms with Crippen molar-refractivity contribution in [3.8, 4) is 0 Å². The van der Waals surface area contributed by atoms with Crippen LogP contribution in [0.2, 0.25) is 10.0 Å². The Balaban J connectivity index is 2.21. The predicted molar refractivity (Wildman–Crippen MR) is 87.9 cm³/mol. The number of hydrogen-bond donors (Lipinski definition) is 1. The third-order valence-corrected chi connectivity index (χ3v) is 3.85. The highest BCUT2D eigenvalue weighted by Gasteiger charge is 2.15. The van der Waals surface area contributed by atoms with Crippen molar-refractivity contribution in [1.29, 1.82) is 0 Å². The Morgan fingerprint density at radius 2 is 1.90 bits per heavy atom. The fraction of sp³-hybridized carbons (Fsp3) is 0.188. The van der Waals surface area contributed by atoms with Gasteiger partial charge in [0, 0.05) is 34.9 Å². The van der Waals surface area contributed by atoms with Gasteiger partial charge >= 0.3 is 0 Å². The van der Waals surface area contributed by atoms with E-state index in [0.717, 1.165) is 11.1 Å². The highest BCUT2D eigenvalue weighted by atomic mass is 35.5. The summed E-state index contributed by atoms with van der Waals surface area (Å²) >= 11 is 12.0. The minimum absolute atomic E-state index is 0.0918. The van der Waals surface area contributed by atoms with Crippen molar-refractivity contribution in [3.05, 3.63) is 63.1 Å². The second-order valence-corrected chi connectivity index (χ2v) is 5.81. The van der Waals surface area contributed by atoms with Gasteiger partial charge in [0.2, 0.25) is 0 Å². The second-order valence-electron chi connectivity index (χ2n) is 4.97. The van der Waals surface area contributed by atoms with Gasteiger partial charge in [-0.1, -0.05) is 35.3 Å². The molecule has 2 aromatic rings. The van der Waals surface area contributed by atoms with Gasteiger partial charge in [-0.05, 0) is 42.3 Å². The van der Waals surface area contributed by atoms with E-state index in [2.05, 4.69) is 0 Å². The smallest absolute Gasteiger partial charge is 0.254 e. The van der Waals surface area contributed by atoms with E-state index in [4.69, 9.17) is 28.9 Å². The van der Waals surface area contributed by atoms with Gasteiger partial charge in [-0.3, -0.25) is 4.79 Å². The van der Waals surface area contributed by atoms with Crippen LogP contribution in [0.25, 0.3) is 0 Å². The van der Waals surface area contributed by atoms with Crippen molar-refractivity contribution < 1.29 is 4.79 Å². The van der Waals surface area contributed by atoms with Gasteiger partial charge in [0.05, 0.1) is 0 Å². The third-order valence-electron chi connectivity index (χ3n) is 3.26. The van der Waals surface area contributed by atoms with Crippen molar-refractivity contribution in [2.24, 2.45) is 0 Å². The Hall–Kier alpha value is -1.71. The molecule has 1 amide bonds. The molecule has 0 aromatic heterocycles. The molecule has 0 aliphatic heterocycles. The zero-order valence-electron chi connectivity index (χ0n) is 11.9. The first-order valence-electron chi connectivity index (χ1n) is 6.44. The van der Waals surface area contributed by atoms with E-state index < -0.39 is 0 Å². The molecule has 2 rings (SSSR count). The number of nitrogens with two attached hydrogens (primary N) is 1. The first-order valence-corrected chi connectivity index (χ1v) is 7.19. The van der Waals surface area contributed by atoms with Crippen LogP contribution in [0.3, 0.4) is 0 Å². The van der Waals surface area contributed by atoms with E-state index in [9.17, 15) is 4.79 Å². The fourth-order valence-corrected chi connectivity index (χ4v) is 2.52. The molecule has 0 saturated carbocycles. The van der Waals surface area contributed by atoms with Crippen molar-refractivity contribution in [3.63, 3.8) is 0 Å². The van der Waals surface area contributed by atoms with Gasteiger partial charge in [-0.15, -0.1) is 0 Å². The highest BCUT2D eigenvalue weighted by molar-refractivity contribution is 6.35. The van der Waals surface area contributed by atoms with E-state index in [1.807, 2.05) is 19.1 Å². The summed E-state index contributed by atoms with van der Waals surface area (Å²) in [5.41, 5.74) is 8.66. The number of carbonyl (C=O) groups excluding carboxylic acids is 1. The van der Waals surface area contributed by atoms with Crippen LogP contribution in [0.15, 0.2) is 36.4 Å². The van der Waals surface area contributed by atoms with Crippen LogP contribution in [0, 0.1) is 6.92 Å². The predicted octanol–water partition coefficient (Wildman–Crippen LogP) is 4.16. The fourth-order valence-electron chi connectivity index (χ4n) is 2.05. The summed E-state index contributed by atoms with van der Waals surface area (Å²) < 4.78 is 0. The Kier molecular flexibility index (Phi) is 4.76. The van der Waals surface area contributed by atoms with Crippen LogP contribution in [0.4, 0.5) is 5.69 Å². The van der Waals surface area contributed by atoms with Crippen LogP contribution < -0.4 is 5.73 Å². The lowest BCUT2D eigenvalue weighted by Gasteiger charge is -2.19. The first kappa shape index (κ1) is 15.7. The molecular weight excluding hydrogens is 307 g/mol. The van der Waals surface area contributed by atoms with E-state index in [1.54, 1.807) is 36.2 Å². The zero-order valence-corrected chi connectivity index (χ0v) is 13.4. The van der Waals surface area contributed by atoms with Gasteiger partial charge in [0.25, 0.3) is 5.91 Å². The quantitative estimate of drug-likeness (QED) is 0.862. The van der Waals surface area contributed by atoms with Crippen molar-refractivity contribution in [2.45, 2.75) is 13.5 Å². The number of nitrogen functional groups attached to an aromatic ring is 1. The molecule has 0 atom stereocenters. The SMILES string of the molecule is Cc1ccc(N)cc1C(=O)N(C)Cc1ccc(Cl)cc1Cl. The van der Waals surface area contributed by atoms with E-state index >= 15 is 0 Å². The lowest BCUT2D eigenvalue weighted by atomic mass is 10.1. The summed E-state index contributed by atoms with van der Waals surface area (Å²) in [6.45, 7) is 2.29. The first-order chi connectivity index (χ1) is 9.88. The Morgan fingerprint density at radius 1 is 1.19 bits per heavy atom. The van der Waals surface area contributed by atoms with Crippen LogP contribution in [-0.4, -0.2) is 17.9 Å². The largest absolute Gasteiger partial charge is 0.399 e. The van der Waals surface area contributed by atoms with Crippen LogP contribution in [-0.2, 0) is 6.54 Å². The summed E-state index contributed by atoms with van der Waals surface area (Å²) in [6, 6.07) is 10.6. The highest BCUT2D eigenvalue weighted by Crippen LogP contribution is 2.23. The standard InChI is InChI=1S/C16H16Cl2N2O/c1-10-3-6-13(19)8-14(10)16(21)20(2)9-11-4-5-12(17)7-15(11)18/h3-8H,9,19H2,1-2H3. The molecule has 2 N–H and O–H groups in total. The number of carbonyl (C=O) groups is 1. The molecule has 110 valence electrons. The molecule has 0 saturated heterocycles. The minimum atomic E-state index is -0.0918. The monoisotopic (exact) mass is 322 g/mol. The summed E-state index contributed by atoms with van der Waals surface area (Å²) in [6.07, 6.45) is 0. The minimum Gasteiger partial charge on any atom is -0.399 e. The molecule has 0 bridgehead atoms. The van der Waals surface area contributed by atoms with Crippen molar-refractivity contribution in [2.75, 3.05) is 12.8 Å². The maximum atomic E-state index is 12.5. The molecule has 0 aliphatic rings. The molecule has 0 spiro atoms. The summed E-state index contributed by atoms with van der Waals surface area (Å²) in [5.74, 6) is -0.0918. The van der Waals surface area contributed by atoms with Crippen molar-refractivity contribution in [1.82, 2.24) is 4.90 Å². The van der Waals surface area contributed by atoms with Gasteiger partial charge in [0.1, 0.15) is 0 Å². The van der Waals surface area contributed by atoms with Crippen LogP contribution in [0.5, 0.6) is 0 Å². The lowest BCUT2D eigenvalue weighted by molar-refractivity contribution is 0.0784. The Bertz CT molecular complexity index is 686. The average Bonchev–Trinajstić information content (AvgIpc) is 2.43. The topological polar surface area (TPSA) is 46.3 Å². The lowest BCUT2D eigenvalue weighted by Crippen LogP contribution is -2.27.